The van der Waals surface area contributed by atoms with Crippen LogP contribution in [-0.2, 0) is 4.79 Å². The normalized spacial score (nSPS) is 14.7. The van der Waals surface area contributed by atoms with Crippen LogP contribution in [0, 0.1) is 0 Å². The highest BCUT2D eigenvalue weighted by Gasteiger charge is 2.29. The average molecular weight is 283 g/mol. The lowest BCUT2D eigenvalue weighted by molar-refractivity contribution is -0.126. The number of nitrogens with zero attached hydrogens (tertiary/aromatic N) is 3. The number of rotatable bonds is 3. The van der Waals surface area contributed by atoms with Gasteiger partial charge in [0.15, 0.2) is 5.76 Å². The number of carbonyl (C=O) groups is 1. The van der Waals surface area contributed by atoms with Crippen molar-refractivity contribution in [3.63, 3.8) is 0 Å². The summed E-state index contributed by atoms with van der Waals surface area (Å²) in [6.07, 6.45) is 0. The maximum atomic E-state index is 11.5. The van der Waals surface area contributed by atoms with Gasteiger partial charge < -0.3 is 14.7 Å². The predicted molar refractivity (Wildman–Crippen MR) is 75.7 cm³/mol. The summed E-state index contributed by atoms with van der Waals surface area (Å²) in [6.45, 7) is 0.318. The van der Waals surface area contributed by atoms with Crippen molar-refractivity contribution in [2.24, 2.45) is 0 Å². The molecule has 6 nitrogen and oxygen atoms in total. The maximum Gasteiger partial charge on any atom is 0.289 e. The second-order valence-electron chi connectivity index (χ2n) is 4.66. The van der Waals surface area contributed by atoms with Crippen molar-refractivity contribution in [2.45, 2.75) is 0 Å². The van der Waals surface area contributed by atoms with E-state index in [0.717, 1.165) is 0 Å². The number of aliphatic hydroxyl groups excluding tert-OH is 1. The quantitative estimate of drug-likeness (QED) is 0.932. The van der Waals surface area contributed by atoms with E-state index >= 15 is 0 Å². The third-order valence-corrected chi connectivity index (χ3v) is 3.15. The highest BCUT2D eigenvalue weighted by molar-refractivity contribution is 6.03. The molecule has 1 aliphatic rings. The third kappa shape index (κ3) is 2.55. The van der Waals surface area contributed by atoms with Gasteiger partial charge in [0, 0.05) is 18.7 Å². The lowest BCUT2D eigenvalue weighted by atomic mass is 10.2. The van der Waals surface area contributed by atoms with Crippen molar-refractivity contribution in [1.29, 1.82) is 0 Å². The zero-order valence-corrected chi connectivity index (χ0v) is 11.4. The molecule has 1 N–H and O–H groups in total. The summed E-state index contributed by atoms with van der Waals surface area (Å²) < 4.78 is 5.54. The lowest BCUT2D eigenvalue weighted by Gasteiger charge is -2.07. The second kappa shape index (κ2) is 5.24. The van der Waals surface area contributed by atoms with Crippen LogP contribution in [0.25, 0.3) is 5.57 Å². The molecule has 1 aliphatic heterocycles. The first-order chi connectivity index (χ1) is 10.1. The fraction of sp³-hybridized carbons (Fsp3) is 0.133. The van der Waals surface area contributed by atoms with Crippen LogP contribution in [0.4, 0.5) is 0 Å². The Hall–Kier alpha value is -2.89. The van der Waals surface area contributed by atoms with Crippen LogP contribution in [0.3, 0.4) is 0 Å². The Kier molecular flexibility index (Phi) is 3.27. The van der Waals surface area contributed by atoms with Crippen molar-refractivity contribution in [1.82, 2.24) is 15.1 Å². The monoisotopic (exact) mass is 283 g/mol. The van der Waals surface area contributed by atoms with E-state index in [1.54, 1.807) is 19.2 Å². The topological polar surface area (TPSA) is 75.6 Å². The molecule has 0 unspecified atom stereocenters. The molecule has 0 bridgehead atoms. The molecule has 0 fully saturated rings. The summed E-state index contributed by atoms with van der Waals surface area (Å²) in [6, 6.07) is 12.6. The van der Waals surface area contributed by atoms with Gasteiger partial charge in [-0.2, -0.15) is 0 Å². The van der Waals surface area contributed by atoms with Crippen molar-refractivity contribution in [3.05, 3.63) is 53.9 Å². The number of benzene rings is 1. The van der Waals surface area contributed by atoms with Crippen molar-refractivity contribution in [3.8, 4) is 11.6 Å². The van der Waals surface area contributed by atoms with Crippen LogP contribution in [0.15, 0.2) is 48.2 Å². The molecule has 0 aliphatic carbocycles. The van der Waals surface area contributed by atoms with E-state index < -0.39 is 5.91 Å². The van der Waals surface area contributed by atoms with Gasteiger partial charge in [-0.25, -0.2) is 0 Å². The zero-order chi connectivity index (χ0) is 14.8. The average Bonchev–Trinajstić information content (AvgIpc) is 2.77. The van der Waals surface area contributed by atoms with Crippen LogP contribution in [-0.4, -0.2) is 39.7 Å². The predicted octanol–water partition coefficient (Wildman–Crippen LogP) is 2.01. The molecule has 21 heavy (non-hydrogen) atoms. The third-order valence-electron chi connectivity index (χ3n) is 3.15. The highest BCUT2D eigenvalue weighted by atomic mass is 16.5. The fourth-order valence-corrected chi connectivity index (χ4v) is 2.04. The van der Waals surface area contributed by atoms with Gasteiger partial charge in [0.25, 0.3) is 5.91 Å². The summed E-state index contributed by atoms with van der Waals surface area (Å²) in [5.41, 5.74) is 0.937. The van der Waals surface area contributed by atoms with Gasteiger partial charge in [-0.05, 0) is 18.2 Å². The van der Waals surface area contributed by atoms with Gasteiger partial charge >= 0.3 is 0 Å². The summed E-state index contributed by atoms with van der Waals surface area (Å²) in [7, 11) is 1.62. The molecule has 0 atom stereocenters. The maximum absolute atomic E-state index is 11.5. The number of aromatic nitrogens is 2. The summed E-state index contributed by atoms with van der Waals surface area (Å²) >= 11 is 0. The molecule has 1 amide bonds. The molecule has 6 heteroatoms. The number of likely N-dealkylation sites (N-methyl/N-ethyl adjacent to an activating group) is 1. The van der Waals surface area contributed by atoms with Crippen LogP contribution >= 0.6 is 0 Å². The van der Waals surface area contributed by atoms with Gasteiger partial charge in [0.05, 0.1) is 12.2 Å². The van der Waals surface area contributed by atoms with Gasteiger partial charge in [-0.1, -0.05) is 18.2 Å². The molecule has 3 rings (SSSR count). The van der Waals surface area contributed by atoms with Gasteiger partial charge in [0.2, 0.25) is 5.88 Å². The molecule has 1 aromatic heterocycles. The summed E-state index contributed by atoms with van der Waals surface area (Å²) in [4.78, 5) is 13.0. The van der Waals surface area contributed by atoms with E-state index in [1.165, 1.54) is 4.90 Å². The minimum Gasteiger partial charge on any atom is -0.503 e. The molecule has 0 spiro atoms. The van der Waals surface area contributed by atoms with Gasteiger partial charge in [-0.15, -0.1) is 10.2 Å². The Morgan fingerprint density at radius 2 is 1.90 bits per heavy atom. The Bertz CT molecular complexity index is 696. The van der Waals surface area contributed by atoms with Crippen LogP contribution in [0.5, 0.6) is 11.6 Å². The fourth-order valence-electron chi connectivity index (χ4n) is 2.04. The number of aliphatic hydroxyl groups is 1. The van der Waals surface area contributed by atoms with Crippen LogP contribution < -0.4 is 4.74 Å². The number of hydrogen-bond donors (Lipinski definition) is 1. The molecule has 0 radical (unpaired) electrons. The Balaban J connectivity index is 1.81. The van der Waals surface area contributed by atoms with Crippen LogP contribution in [0.1, 0.15) is 5.69 Å². The molecular formula is C15H13N3O3. The van der Waals surface area contributed by atoms with E-state index in [1.807, 2.05) is 30.3 Å². The van der Waals surface area contributed by atoms with E-state index in [9.17, 15) is 9.90 Å². The van der Waals surface area contributed by atoms with Gasteiger partial charge in [-0.3, -0.25) is 4.79 Å². The van der Waals surface area contributed by atoms with E-state index in [0.29, 0.717) is 29.4 Å². The zero-order valence-electron chi connectivity index (χ0n) is 11.4. The van der Waals surface area contributed by atoms with E-state index in [2.05, 4.69) is 10.2 Å². The van der Waals surface area contributed by atoms with Crippen LogP contribution in [0.2, 0.25) is 0 Å². The molecule has 0 saturated carbocycles. The highest BCUT2D eigenvalue weighted by Crippen LogP contribution is 2.25. The first-order valence-electron chi connectivity index (χ1n) is 6.40. The number of ether oxygens (including phenoxy) is 1. The van der Waals surface area contributed by atoms with Crippen molar-refractivity contribution < 1.29 is 14.6 Å². The molecule has 106 valence electrons. The molecule has 1 aromatic carbocycles. The van der Waals surface area contributed by atoms with E-state index in [-0.39, 0.29) is 5.76 Å². The Morgan fingerprint density at radius 3 is 2.48 bits per heavy atom. The SMILES string of the molecule is CN1CC(c2ccc(Oc3ccccc3)nn2)=C(O)C1=O. The largest absolute Gasteiger partial charge is 0.503 e. The number of carbonyl (C=O) groups excluding carboxylic acids is 1. The number of amides is 1. The summed E-state index contributed by atoms with van der Waals surface area (Å²) in [5, 5.41) is 17.7. The minimum absolute atomic E-state index is 0.275. The minimum atomic E-state index is -0.406. The standard InChI is InChI=1S/C15H13N3O3/c1-18-9-11(14(19)15(18)20)12-7-8-13(17-16-12)21-10-5-3-2-4-6-10/h2-8,19H,9H2,1H3. The summed E-state index contributed by atoms with van der Waals surface area (Å²) in [5.74, 6) is 0.333. The van der Waals surface area contributed by atoms with E-state index in [4.69, 9.17) is 4.74 Å². The molecule has 2 heterocycles. The lowest BCUT2D eigenvalue weighted by Crippen LogP contribution is -2.21. The first kappa shape index (κ1) is 13.1. The second-order valence-corrected chi connectivity index (χ2v) is 4.66. The van der Waals surface area contributed by atoms with Gasteiger partial charge in [0.1, 0.15) is 5.75 Å². The molecular weight excluding hydrogens is 270 g/mol. The Morgan fingerprint density at radius 1 is 1.14 bits per heavy atom. The molecule has 0 saturated heterocycles. The first-order valence-corrected chi connectivity index (χ1v) is 6.40. The Labute approximate surface area is 121 Å². The number of hydrogen-bond acceptors (Lipinski definition) is 5. The number of para-hydroxylation sites is 1. The molecule has 2 aromatic rings. The van der Waals surface area contributed by atoms with Crippen molar-refractivity contribution >= 4 is 11.5 Å². The van der Waals surface area contributed by atoms with Crippen molar-refractivity contribution in [2.75, 3.05) is 13.6 Å². The smallest absolute Gasteiger partial charge is 0.289 e.